The molecule has 28 heavy (non-hydrogen) atoms. The number of rotatable bonds is 10. The predicted octanol–water partition coefficient (Wildman–Crippen LogP) is 2.73. The van der Waals surface area contributed by atoms with Crippen LogP contribution in [-0.2, 0) is 21.2 Å². The number of benzene rings is 2. The molecule has 0 radical (unpaired) electrons. The third kappa shape index (κ3) is 6.65. The van der Waals surface area contributed by atoms with Crippen LogP contribution >= 0.6 is 0 Å². The van der Waals surface area contributed by atoms with Crippen LogP contribution in [0, 0.1) is 13.8 Å². The number of aryl methyl sites for hydroxylation is 3. The van der Waals surface area contributed by atoms with Crippen LogP contribution in [0.5, 0.6) is 5.75 Å². The van der Waals surface area contributed by atoms with Crippen LogP contribution in [0.25, 0.3) is 0 Å². The highest BCUT2D eigenvalue weighted by atomic mass is 32.2. The standard InChI is InChI=1S/C21H28N2O4S/c1-4-5-18-8-10-19(11-9-18)27-15-21(24)22-12-13-23-28(25,26)20-14-16(2)6-7-17(20)3/h6-11,14,23H,4-5,12-13,15H2,1-3H3,(H,22,24). The third-order valence-electron chi connectivity index (χ3n) is 4.20. The zero-order valence-electron chi connectivity index (χ0n) is 16.6. The first-order valence-electron chi connectivity index (χ1n) is 9.37. The minimum atomic E-state index is -3.61. The minimum absolute atomic E-state index is 0.104. The van der Waals surface area contributed by atoms with Crippen molar-refractivity contribution < 1.29 is 17.9 Å². The molecule has 0 aromatic heterocycles. The summed E-state index contributed by atoms with van der Waals surface area (Å²) in [6, 6.07) is 12.9. The van der Waals surface area contributed by atoms with Gasteiger partial charge < -0.3 is 10.1 Å². The van der Waals surface area contributed by atoms with Gasteiger partial charge in [-0.15, -0.1) is 0 Å². The van der Waals surface area contributed by atoms with Crippen molar-refractivity contribution in [1.29, 1.82) is 0 Å². The molecule has 0 atom stereocenters. The molecule has 2 N–H and O–H groups in total. The minimum Gasteiger partial charge on any atom is -0.484 e. The zero-order valence-corrected chi connectivity index (χ0v) is 17.4. The predicted molar refractivity (Wildman–Crippen MR) is 110 cm³/mol. The Morgan fingerprint density at radius 3 is 2.43 bits per heavy atom. The van der Waals surface area contributed by atoms with E-state index in [-0.39, 0.29) is 30.5 Å². The Morgan fingerprint density at radius 1 is 1.04 bits per heavy atom. The maximum atomic E-state index is 12.4. The number of carbonyl (C=O) groups excluding carboxylic acids is 1. The number of hydrogen-bond donors (Lipinski definition) is 2. The molecule has 0 unspecified atom stereocenters. The van der Waals surface area contributed by atoms with Crippen molar-refractivity contribution in [3.8, 4) is 5.75 Å². The van der Waals surface area contributed by atoms with Crippen LogP contribution in [-0.4, -0.2) is 34.0 Å². The van der Waals surface area contributed by atoms with Crippen molar-refractivity contribution in [3.05, 3.63) is 59.2 Å². The van der Waals surface area contributed by atoms with Crippen LogP contribution in [0.1, 0.15) is 30.0 Å². The maximum Gasteiger partial charge on any atom is 0.257 e. The Bertz CT molecular complexity index is 893. The van der Waals surface area contributed by atoms with Gasteiger partial charge >= 0.3 is 0 Å². The second kappa shape index (κ2) is 10.2. The van der Waals surface area contributed by atoms with Gasteiger partial charge in [-0.3, -0.25) is 4.79 Å². The Morgan fingerprint density at radius 2 is 1.75 bits per heavy atom. The molecule has 0 spiro atoms. The smallest absolute Gasteiger partial charge is 0.257 e. The van der Waals surface area contributed by atoms with Crippen molar-refractivity contribution in [3.63, 3.8) is 0 Å². The lowest BCUT2D eigenvalue weighted by Crippen LogP contribution is -2.37. The molecule has 0 bridgehead atoms. The molecule has 2 rings (SSSR count). The van der Waals surface area contributed by atoms with E-state index in [9.17, 15) is 13.2 Å². The van der Waals surface area contributed by atoms with Crippen molar-refractivity contribution >= 4 is 15.9 Å². The van der Waals surface area contributed by atoms with Crippen LogP contribution < -0.4 is 14.8 Å². The van der Waals surface area contributed by atoms with E-state index in [1.165, 1.54) is 5.56 Å². The second-order valence-electron chi connectivity index (χ2n) is 6.70. The monoisotopic (exact) mass is 404 g/mol. The lowest BCUT2D eigenvalue weighted by molar-refractivity contribution is -0.123. The van der Waals surface area contributed by atoms with Gasteiger partial charge in [-0.1, -0.05) is 37.6 Å². The number of amides is 1. The first-order valence-corrected chi connectivity index (χ1v) is 10.9. The van der Waals surface area contributed by atoms with E-state index in [1.54, 1.807) is 19.1 Å². The highest BCUT2D eigenvalue weighted by molar-refractivity contribution is 7.89. The van der Waals surface area contributed by atoms with Crippen LogP contribution in [0.15, 0.2) is 47.4 Å². The van der Waals surface area contributed by atoms with Gasteiger partial charge in [-0.05, 0) is 55.2 Å². The largest absolute Gasteiger partial charge is 0.484 e. The van der Waals surface area contributed by atoms with E-state index in [0.717, 1.165) is 18.4 Å². The summed E-state index contributed by atoms with van der Waals surface area (Å²) < 4.78 is 32.7. The van der Waals surface area contributed by atoms with Crippen LogP contribution in [0.2, 0.25) is 0 Å². The molecule has 2 aromatic rings. The Hall–Kier alpha value is -2.38. The summed E-state index contributed by atoms with van der Waals surface area (Å²) in [5, 5.41) is 2.64. The molecule has 152 valence electrons. The highest BCUT2D eigenvalue weighted by Gasteiger charge is 2.16. The number of sulfonamides is 1. The SMILES string of the molecule is CCCc1ccc(OCC(=O)NCCNS(=O)(=O)c2cc(C)ccc2C)cc1. The Kier molecular flexibility index (Phi) is 8.02. The average molecular weight is 405 g/mol. The van der Waals surface area contributed by atoms with Gasteiger partial charge in [-0.2, -0.15) is 0 Å². The molecule has 1 amide bonds. The fraction of sp³-hybridized carbons (Fsp3) is 0.381. The average Bonchev–Trinajstić information content (AvgIpc) is 2.67. The van der Waals surface area contributed by atoms with Gasteiger partial charge in [-0.25, -0.2) is 13.1 Å². The Labute approximate surface area is 167 Å². The first kappa shape index (κ1) is 21.9. The topological polar surface area (TPSA) is 84.5 Å². The van der Waals surface area contributed by atoms with Crippen LogP contribution in [0.4, 0.5) is 0 Å². The molecule has 0 saturated carbocycles. The molecule has 0 heterocycles. The molecule has 0 aliphatic heterocycles. The quantitative estimate of drug-likeness (QED) is 0.597. The van der Waals surface area contributed by atoms with E-state index in [1.807, 2.05) is 37.3 Å². The summed E-state index contributed by atoms with van der Waals surface area (Å²) in [5.74, 6) is 0.328. The molecular weight excluding hydrogens is 376 g/mol. The molecule has 0 aliphatic carbocycles. The summed E-state index contributed by atoms with van der Waals surface area (Å²) in [6.45, 7) is 5.89. The summed E-state index contributed by atoms with van der Waals surface area (Å²) in [5.41, 5.74) is 2.79. The molecule has 0 fully saturated rings. The van der Waals surface area contributed by atoms with Gasteiger partial charge in [0.15, 0.2) is 6.61 Å². The van der Waals surface area contributed by atoms with Gasteiger partial charge in [0.05, 0.1) is 4.90 Å². The molecule has 0 saturated heterocycles. The van der Waals surface area contributed by atoms with E-state index >= 15 is 0 Å². The normalized spacial score (nSPS) is 11.2. The van der Waals surface area contributed by atoms with Crippen molar-refractivity contribution in [1.82, 2.24) is 10.0 Å². The van der Waals surface area contributed by atoms with Gasteiger partial charge in [0.2, 0.25) is 10.0 Å². The first-order chi connectivity index (χ1) is 13.3. The number of hydrogen-bond acceptors (Lipinski definition) is 4. The molecule has 7 heteroatoms. The van der Waals surface area contributed by atoms with Crippen molar-refractivity contribution in [2.45, 2.75) is 38.5 Å². The number of carbonyl (C=O) groups is 1. The zero-order chi connectivity index (χ0) is 20.6. The fourth-order valence-electron chi connectivity index (χ4n) is 2.70. The fourth-order valence-corrected chi connectivity index (χ4v) is 4.06. The summed E-state index contributed by atoms with van der Waals surface area (Å²) in [4.78, 5) is 12.1. The van der Waals surface area contributed by atoms with E-state index in [2.05, 4.69) is 17.0 Å². The second-order valence-corrected chi connectivity index (χ2v) is 8.43. The van der Waals surface area contributed by atoms with Gasteiger partial charge in [0.25, 0.3) is 5.91 Å². The van der Waals surface area contributed by atoms with E-state index in [4.69, 9.17) is 4.74 Å². The highest BCUT2D eigenvalue weighted by Crippen LogP contribution is 2.16. The van der Waals surface area contributed by atoms with E-state index in [0.29, 0.717) is 11.3 Å². The summed E-state index contributed by atoms with van der Waals surface area (Å²) >= 11 is 0. The molecule has 6 nitrogen and oxygen atoms in total. The summed E-state index contributed by atoms with van der Waals surface area (Å²) in [6.07, 6.45) is 2.09. The van der Waals surface area contributed by atoms with Crippen molar-refractivity contribution in [2.75, 3.05) is 19.7 Å². The number of nitrogens with one attached hydrogen (secondary N) is 2. The molecular formula is C21H28N2O4S. The van der Waals surface area contributed by atoms with Gasteiger partial charge in [0.1, 0.15) is 5.75 Å². The molecule has 0 aliphatic rings. The lowest BCUT2D eigenvalue weighted by atomic mass is 10.1. The maximum absolute atomic E-state index is 12.4. The Balaban J connectivity index is 1.74. The van der Waals surface area contributed by atoms with Gasteiger partial charge in [0, 0.05) is 13.1 Å². The van der Waals surface area contributed by atoms with E-state index < -0.39 is 10.0 Å². The lowest BCUT2D eigenvalue weighted by Gasteiger charge is -2.11. The van der Waals surface area contributed by atoms with Crippen molar-refractivity contribution in [2.24, 2.45) is 0 Å². The summed E-state index contributed by atoms with van der Waals surface area (Å²) in [7, 11) is -3.61. The molecule has 2 aromatic carbocycles. The third-order valence-corrected chi connectivity index (χ3v) is 5.81. The number of ether oxygens (including phenoxy) is 1. The van der Waals surface area contributed by atoms with Crippen LogP contribution in [0.3, 0.4) is 0 Å².